The van der Waals surface area contributed by atoms with Crippen molar-refractivity contribution in [2.45, 2.75) is 13.0 Å². The molecule has 56 valence electrons. The summed E-state index contributed by atoms with van der Waals surface area (Å²) in [7, 11) is 1.73. The molecule has 2 amide bonds. The molecule has 3 N–H and O–H groups in total. The van der Waals surface area contributed by atoms with E-state index in [-0.39, 0.29) is 12.1 Å². The van der Waals surface area contributed by atoms with Gasteiger partial charge < -0.3 is 10.6 Å². The van der Waals surface area contributed by atoms with Crippen molar-refractivity contribution in [2.75, 3.05) is 7.05 Å². The number of hydrogen-bond acceptors (Lipinski definition) is 2. The van der Waals surface area contributed by atoms with Crippen molar-refractivity contribution in [3.8, 4) is 0 Å². The number of carbonyl (C=O) groups is 1. The molecule has 0 saturated carbocycles. The lowest BCUT2D eigenvalue weighted by Crippen LogP contribution is -2.47. The highest BCUT2D eigenvalue weighted by Gasteiger charge is 2.18. The number of nitrogens with zero attached hydrogens (tertiary/aromatic N) is 1. The van der Waals surface area contributed by atoms with Crippen molar-refractivity contribution < 1.29 is 4.79 Å². The molecule has 1 aliphatic heterocycles. The van der Waals surface area contributed by atoms with Crippen LogP contribution in [0.15, 0.2) is 11.9 Å². The lowest BCUT2D eigenvalue weighted by Gasteiger charge is -2.27. The predicted octanol–water partition coefficient (Wildman–Crippen LogP) is -0.170. The number of nitrogens with one attached hydrogen (secondary N) is 1. The summed E-state index contributed by atoms with van der Waals surface area (Å²) in [6, 6.07) is -0.0544. The third kappa shape index (κ3) is 1.05. The average Bonchev–Trinajstić information content (AvgIpc) is 1.82. The Bertz CT molecular complexity index is 187. The van der Waals surface area contributed by atoms with Crippen molar-refractivity contribution >= 4 is 6.03 Å². The molecule has 1 aliphatic rings. The van der Waals surface area contributed by atoms with Crippen molar-refractivity contribution in [3.63, 3.8) is 0 Å². The van der Waals surface area contributed by atoms with Crippen LogP contribution in [0.1, 0.15) is 6.92 Å². The fourth-order valence-corrected chi connectivity index (χ4v) is 0.810. The molecule has 0 fully saturated rings. The molecule has 0 aromatic heterocycles. The average molecular weight is 141 g/mol. The third-order valence-corrected chi connectivity index (χ3v) is 1.60. The Morgan fingerprint density at radius 3 is 2.90 bits per heavy atom. The smallest absolute Gasteiger partial charge is 0.323 e. The fraction of sp³-hybridized carbons (Fsp3) is 0.500. The maximum Gasteiger partial charge on any atom is 0.323 e. The molecular formula is C6H11N3O. The SMILES string of the molecule is CC1C=C(N)NC(=O)N1C. The number of carbonyl (C=O) groups excluding carboxylic acids is 1. The van der Waals surface area contributed by atoms with Crippen molar-refractivity contribution in [2.24, 2.45) is 5.73 Å². The van der Waals surface area contributed by atoms with E-state index < -0.39 is 0 Å². The predicted molar refractivity (Wildman–Crippen MR) is 38.0 cm³/mol. The highest BCUT2D eigenvalue weighted by Crippen LogP contribution is 2.03. The first-order valence-corrected chi connectivity index (χ1v) is 3.12. The van der Waals surface area contributed by atoms with Crippen molar-refractivity contribution in [3.05, 3.63) is 11.9 Å². The van der Waals surface area contributed by atoms with Gasteiger partial charge in [-0.3, -0.25) is 5.32 Å². The third-order valence-electron chi connectivity index (χ3n) is 1.60. The molecule has 0 aromatic rings. The summed E-state index contributed by atoms with van der Waals surface area (Å²) in [4.78, 5) is 12.5. The summed E-state index contributed by atoms with van der Waals surface area (Å²) in [5.74, 6) is 0.440. The van der Waals surface area contributed by atoms with Crippen LogP contribution in [0.4, 0.5) is 4.79 Å². The molecule has 1 atom stereocenters. The van der Waals surface area contributed by atoms with E-state index in [1.807, 2.05) is 6.92 Å². The lowest BCUT2D eigenvalue weighted by atomic mass is 10.2. The van der Waals surface area contributed by atoms with Crippen molar-refractivity contribution in [1.29, 1.82) is 0 Å². The summed E-state index contributed by atoms with van der Waals surface area (Å²) >= 11 is 0. The molecule has 1 unspecified atom stereocenters. The quantitative estimate of drug-likeness (QED) is 0.492. The number of amides is 2. The Kier molecular flexibility index (Phi) is 1.53. The summed E-state index contributed by atoms with van der Waals surface area (Å²) in [5.41, 5.74) is 5.38. The largest absolute Gasteiger partial charge is 0.385 e. The van der Waals surface area contributed by atoms with E-state index >= 15 is 0 Å². The van der Waals surface area contributed by atoms with Gasteiger partial charge in [-0.1, -0.05) is 0 Å². The van der Waals surface area contributed by atoms with Gasteiger partial charge in [-0.25, -0.2) is 4.79 Å². The van der Waals surface area contributed by atoms with Crippen LogP contribution in [0, 0.1) is 0 Å². The topological polar surface area (TPSA) is 58.4 Å². The first kappa shape index (κ1) is 6.92. The minimum absolute atomic E-state index is 0.0914. The Morgan fingerprint density at radius 1 is 1.80 bits per heavy atom. The number of rotatable bonds is 0. The minimum Gasteiger partial charge on any atom is -0.385 e. The molecule has 1 rings (SSSR count). The molecule has 0 bridgehead atoms. The molecule has 0 aromatic carbocycles. The van der Waals surface area contributed by atoms with Gasteiger partial charge in [0.2, 0.25) is 0 Å². The van der Waals surface area contributed by atoms with Gasteiger partial charge in [0.05, 0.1) is 6.04 Å². The van der Waals surface area contributed by atoms with Crippen molar-refractivity contribution in [1.82, 2.24) is 10.2 Å². The van der Waals surface area contributed by atoms with E-state index in [1.165, 1.54) is 0 Å². The van der Waals surface area contributed by atoms with E-state index in [0.717, 1.165) is 0 Å². The van der Waals surface area contributed by atoms with E-state index in [9.17, 15) is 4.79 Å². The first-order valence-electron chi connectivity index (χ1n) is 3.12. The second-order valence-corrected chi connectivity index (χ2v) is 2.40. The molecule has 1 heterocycles. The molecule has 0 aliphatic carbocycles. The van der Waals surface area contributed by atoms with Gasteiger partial charge in [-0.05, 0) is 13.0 Å². The van der Waals surface area contributed by atoms with Crippen LogP contribution >= 0.6 is 0 Å². The minimum atomic E-state index is -0.146. The van der Waals surface area contributed by atoms with Crippen LogP contribution in [0.3, 0.4) is 0 Å². The van der Waals surface area contributed by atoms with Gasteiger partial charge in [-0.2, -0.15) is 0 Å². The van der Waals surface area contributed by atoms with Crippen LogP contribution in [0.25, 0.3) is 0 Å². The Hall–Kier alpha value is -1.19. The zero-order chi connectivity index (χ0) is 7.72. The van der Waals surface area contributed by atoms with Crippen LogP contribution in [0.5, 0.6) is 0 Å². The van der Waals surface area contributed by atoms with Gasteiger partial charge >= 0.3 is 6.03 Å². The molecule has 0 radical (unpaired) electrons. The van der Waals surface area contributed by atoms with Gasteiger partial charge in [0, 0.05) is 7.05 Å². The highest BCUT2D eigenvalue weighted by molar-refractivity contribution is 5.77. The van der Waals surface area contributed by atoms with E-state index in [4.69, 9.17) is 5.73 Å². The van der Waals surface area contributed by atoms with E-state index in [2.05, 4.69) is 5.32 Å². The number of likely N-dealkylation sites (N-methyl/N-ethyl adjacent to an activating group) is 1. The number of urea groups is 1. The second kappa shape index (κ2) is 2.21. The summed E-state index contributed by atoms with van der Waals surface area (Å²) in [6.07, 6.45) is 1.79. The van der Waals surface area contributed by atoms with Gasteiger partial charge in [0.15, 0.2) is 0 Å². The molecule has 10 heavy (non-hydrogen) atoms. The standard InChI is InChI=1S/C6H11N3O/c1-4-3-5(7)8-6(10)9(4)2/h3-4H,7H2,1-2H3,(H,8,10). The molecule has 4 heteroatoms. The maximum absolute atomic E-state index is 10.9. The maximum atomic E-state index is 10.9. The van der Waals surface area contributed by atoms with E-state index in [1.54, 1.807) is 18.0 Å². The normalized spacial score (nSPS) is 25.8. The first-order chi connectivity index (χ1) is 4.61. The second-order valence-electron chi connectivity index (χ2n) is 2.40. The van der Waals surface area contributed by atoms with Crippen LogP contribution < -0.4 is 11.1 Å². The Labute approximate surface area is 59.7 Å². The van der Waals surface area contributed by atoms with Crippen LogP contribution in [-0.2, 0) is 0 Å². The highest BCUT2D eigenvalue weighted by atomic mass is 16.2. The monoisotopic (exact) mass is 141 g/mol. The van der Waals surface area contributed by atoms with E-state index in [0.29, 0.717) is 5.82 Å². The summed E-state index contributed by atoms with van der Waals surface area (Å²) in [5, 5.41) is 2.49. The van der Waals surface area contributed by atoms with Crippen LogP contribution in [0.2, 0.25) is 0 Å². The zero-order valence-corrected chi connectivity index (χ0v) is 6.09. The molecular weight excluding hydrogens is 130 g/mol. The molecule has 0 saturated heterocycles. The Balaban J connectivity index is 2.79. The van der Waals surface area contributed by atoms with Gasteiger partial charge in [-0.15, -0.1) is 0 Å². The Morgan fingerprint density at radius 2 is 2.40 bits per heavy atom. The molecule has 0 spiro atoms. The zero-order valence-electron chi connectivity index (χ0n) is 6.09. The fourth-order valence-electron chi connectivity index (χ4n) is 0.810. The van der Waals surface area contributed by atoms with Crippen LogP contribution in [-0.4, -0.2) is 24.0 Å². The lowest BCUT2D eigenvalue weighted by molar-refractivity contribution is 0.200. The summed E-state index contributed by atoms with van der Waals surface area (Å²) < 4.78 is 0. The number of hydrogen-bond donors (Lipinski definition) is 2. The summed E-state index contributed by atoms with van der Waals surface area (Å²) in [6.45, 7) is 1.91. The molecule has 4 nitrogen and oxygen atoms in total. The van der Waals surface area contributed by atoms with Gasteiger partial charge in [0.1, 0.15) is 5.82 Å². The van der Waals surface area contributed by atoms with Gasteiger partial charge in [0.25, 0.3) is 0 Å². The number of nitrogens with two attached hydrogens (primary N) is 1.